The number of nitrogens with one attached hydrogen (secondary N) is 1. The van der Waals surface area contributed by atoms with Gasteiger partial charge in [0.2, 0.25) is 0 Å². The average Bonchev–Trinajstić information content (AvgIpc) is 2.97. The van der Waals surface area contributed by atoms with Gasteiger partial charge >= 0.3 is 0 Å². The number of aromatic nitrogens is 2. The molecular formula is C13H11N3O2S. The molecule has 5 nitrogen and oxygen atoms in total. The molecule has 0 aliphatic rings. The van der Waals surface area contributed by atoms with E-state index >= 15 is 0 Å². The van der Waals surface area contributed by atoms with E-state index in [-0.39, 0.29) is 12.5 Å². The van der Waals surface area contributed by atoms with Gasteiger partial charge in [-0.3, -0.25) is 4.79 Å². The monoisotopic (exact) mass is 273 g/mol. The van der Waals surface area contributed by atoms with Crippen LogP contribution in [0.4, 0.5) is 0 Å². The van der Waals surface area contributed by atoms with Crippen LogP contribution >= 0.6 is 11.5 Å². The molecule has 0 bridgehead atoms. The number of aliphatic hydroxyl groups excluding tert-OH is 1. The topological polar surface area (TPSA) is 75.1 Å². The molecule has 6 heteroatoms. The van der Waals surface area contributed by atoms with Gasteiger partial charge in [-0.05, 0) is 23.2 Å². The van der Waals surface area contributed by atoms with Gasteiger partial charge in [0.15, 0.2) is 0 Å². The SMILES string of the molecule is O=C(NCc1ccccc1C#CCO)c1cnns1. The van der Waals surface area contributed by atoms with Gasteiger partial charge in [-0.1, -0.05) is 34.5 Å². The van der Waals surface area contributed by atoms with Crippen molar-refractivity contribution in [1.82, 2.24) is 14.9 Å². The Hall–Kier alpha value is -2.23. The maximum Gasteiger partial charge on any atom is 0.264 e. The lowest BCUT2D eigenvalue weighted by Gasteiger charge is -2.05. The number of hydrogen-bond donors (Lipinski definition) is 2. The summed E-state index contributed by atoms with van der Waals surface area (Å²) in [7, 11) is 0. The van der Waals surface area contributed by atoms with Crippen LogP contribution in [0.1, 0.15) is 20.8 Å². The van der Waals surface area contributed by atoms with Gasteiger partial charge in [0, 0.05) is 12.1 Å². The number of nitrogens with zero attached hydrogens (tertiary/aromatic N) is 2. The Kier molecular flexibility index (Phi) is 4.61. The second kappa shape index (κ2) is 6.64. The normalized spacial score (nSPS) is 9.53. The van der Waals surface area contributed by atoms with Crippen molar-refractivity contribution in [3.8, 4) is 11.8 Å². The quantitative estimate of drug-likeness (QED) is 0.812. The van der Waals surface area contributed by atoms with Crippen LogP contribution in [0.25, 0.3) is 0 Å². The van der Waals surface area contributed by atoms with Crippen LogP contribution in [-0.4, -0.2) is 27.2 Å². The van der Waals surface area contributed by atoms with Crippen molar-refractivity contribution in [2.24, 2.45) is 0 Å². The predicted molar refractivity (Wildman–Crippen MR) is 71.5 cm³/mol. The molecule has 0 atom stereocenters. The van der Waals surface area contributed by atoms with Crippen LogP contribution in [0.2, 0.25) is 0 Å². The molecule has 19 heavy (non-hydrogen) atoms. The third-order valence-corrected chi connectivity index (χ3v) is 3.01. The zero-order chi connectivity index (χ0) is 13.5. The molecule has 1 aromatic heterocycles. The fourth-order valence-corrected chi connectivity index (χ4v) is 1.89. The van der Waals surface area contributed by atoms with Gasteiger partial charge in [0.1, 0.15) is 11.5 Å². The summed E-state index contributed by atoms with van der Waals surface area (Å²) in [6.45, 7) is 0.181. The predicted octanol–water partition coefficient (Wildman–Crippen LogP) is 0.812. The molecule has 1 aromatic carbocycles. The standard InChI is InChI=1S/C13H11N3O2S/c17-7-3-6-10-4-1-2-5-11(10)8-14-13(18)12-9-15-16-19-12/h1-2,4-5,9,17H,7-8H2,(H,14,18). The Morgan fingerprint density at radius 3 is 3.00 bits per heavy atom. The van der Waals surface area contributed by atoms with Crippen molar-refractivity contribution < 1.29 is 9.90 Å². The molecule has 0 aliphatic carbocycles. The second-order valence-corrected chi connectivity index (χ2v) is 4.37. The number of amides is 1. The highest BCUT2D eigenvalue weighted by atomic mass is 32.1. The molecule has 96 valence electrons. The maximum atomic E-state index is 11.7. The Morgan fingerprint density at radius 2 is 2.26 bits per heavy atom. The van der Waals surface area contributed by atoms with Crippen molar-refractivity contribution in [1.29, 1.82) is 0 Å². The lowest BCUT2D eigenvalue weighted by Crippen LogP contribution is -2.22. The number of aliphatic hydroxyl groups is 1. The molecule has 0 unspecified atom stereocenters. The second-order valence-electron chi connectivity index (χ2n) is 3.58. The summed E-state index contributed by atoms with van der Waals surface area (Å²) in [6.07, 6.45) is 1.43. The van der Waals surface area contributed by atoms with Crippen molar-refractivity contribution in [3.05, 3.63) is 46.5 Å². The van der Waals surface area contributed by atoms with Gasteiger partial charge in [-0.15, -0.1) is 5.10 Å². The first kappa shape index (κ1) is 13.2. The number of carbonyl (C=O) groups is 1. The Morgan fingerprint density at radius 1 is 1.42 bits per heavy atom. The number of benzene rings is 1. The minimum absolute atomic E-state index is 0.187. The van der Waals surface area contributed by atoms with E-state index in [0.717, 1.165) is 22.7 Å². The van der Waals surface area contributed by atoms with Crippen molar-refractivity contribution >= 4 is 17.4 Å². The molecule has 1 heterocycles. The Balaban J connectivity index is 2.05. The number of carbonyl (C=O) groups excluding carboxylic acids is 1. The molecule has 2 aromatic rings. The highest BCUT2D eigenvalue weighted by molar-refractivity contribution is 7.07. The molecular weight excluding hydrogens is 262 g/mol. The zero-order valence-corrected chi connectivity index (χ0v) is 10.8. The summed E-state index contributed by atoms with van der Waals surface area (Å²) >= 11 is 1.05. The molecule has 0 spiro atoms. The van der Waals surface area contributed by atoms with Crippen LogP contribution in [0.15, 0.2) is 30.5 Å². The minimum atomic E-state index is -0.208. The van der Waals surface area contributed by atoms with E-state index in [1.54, 1.807) is 0 Å². The fraction of sp³-hybridized carbons (Fsp3) is 0.154. The lowest BCUT2D eigenvalue weighted by atomic mass is 10.1. The Labute approximate surface area is 114 Å². The maximum absolute atomic E-state index is 11.7. The molecule has 0 aliphatic heterocycles. The van der Waals surface area contributed by atoms with Crippen LogP contribution in [0.3, 0.4) is 0 Å². The number of rotatable bonds is 3. The third kappa shape index (κ3) is 3.61. The molecule has 0 saturated heterocycles. The smallest absolute Gasteiger partial charge is 0.264 e. The van der Waals surface area contributed by atoms with Crippen molar-refractivity contribution in [3.63, 3.8) is 0 Å². The minimum Gasteiger partial charge on any atom is -0.384 e. The van der Waals surface area contributed by atoms with Crippen LogP contribution < -0.4 is 5.32 Å². The summed E-state index contributed by atoms with van der Waals surface area (Å²) in [6, 6.07) is 7.46. The first-order chi connectivity index (χ1) is 9.31. The van der Waals surface area contributed by atoms with E-state index in [1.165, 1.54) is 6.20 Å². The summed E-state index contributed by atoms with van der Waals surface area (Å²) < 4.78 is 3.64. The van der Waals surface area contributed by atoms with E-state index < -0.39 is 0 Å². The molecule has 0 saturated carbocycles. The first-order valence-electron chi connectivity index (χ1n) is 5.54. The van der Waals surface area contributed by atoms with E-state index in [1.807, 2.05) is 24.3 Å². The van der Waals surface area contributed by atoms with Crippen LogP contribution in [-0.2, 0) is 6.54 Å². The zero-order valence-electron chi connectivity index (χ0n) is 9.96. The summed E-state index contributed by atoms with van der Waals surface area (Å²) in [5.41, 5.74) is 1.69. The van der Waals surface area contributed by atoms with Gasteiger partial charge in [0.25, 0.3) is 5.91 Å². The summed E-state index contributed by atoms with van der Waals surface area (Å²) in [5, 5.41) is 15.1. The summed E-state index contributed by atoms with van der Waals surface area (Å²) in [5.74, 6) is 5.23. The Bertz CT molecular complexity index is 614. The largest absolute Gasteiger partial charge is 0.384 e. The van der Waals surface area contributed by atoms with Crippen LogP contribution in [0, 0.1) is 11.8 Å². The fourth-order valence-electron chi connectivity index (χ4n) is 1.46. The summed E-state index contributed by atoms with van der Waals surface area (Å²) in [4.78, 5) is 12.2. The van der Waals surface area contributed by atoms with Gasteiger partial charge in [0.05, 0.1) is 6.20 Å². The van der Waals surface area contributed by atoms with E-state index in [9.17, 15) is 4.79 Å². The number of hydrogen-bond acceptors (Lipinski definition) is 5. The molecule has 2 rings (SSSR count). The average molecular weight is 273 g/mol. The van der Waals surface area contributed by atoms with E-state index in [4.69, 9.17) is 5.11 Å². The van der Waals surface area contributed by atoms with Crippen LogP contribution in [0.5, 0.6) is 0 Å². The molecule has 2 N–H and O–H groups in total. The van der Waals surface area contributed by atoms with E-state index in [2.05, 4.69) is 26.7 Å². The van der Waals surface area contributed by atoms with Gasteiger partial charge in [-0.25, -0.2) is 0 Å². The van der Waals surface area contributed by atoms with Gasteiger partial charge < -0.3 is 10.4 Å². The van der Waals surface area contributed by atoms with Gasteiger partial charge in [-0.2, -0.15) is 0 Å². The highest BCUT2D eigenvalue weighted by Crippen LogP contribution is 2.08. The first-order valence-corrected chi connectivity index (χ1v) is 6.32. The third-order valence-electron chi connectivity index (χ3n) is 2.34. The lowest BCUT2D eigenvalue weighted by molar-refractivity contribution is 0.0954. The molecule has 0 radical (unpaired) electrons. The molecule has 1 amide bonds. The van der Waals surface area contributed by atoms with E-state index in [0.29, 0.717) is 11.4 Å². The van der Waals surface area contributed by atoms with Crippen molar-refractivity contribution in [2.75, 3.05) is 6.61 Å². The van der Waals surface area contributed by atoms with Crippen molar-refractivity contribution in [2.45, 2.75) is 6.54 Å². The molecule has 0 fully saturated rings. The highest BCUT2D eigenvalue weighted by Gasteiger charge is 2.08.